The summed E-state index contributed by atoms with van der Waals surface area (Å²) in [5.74, 6) is -0.285. The lowest BCUT2D eigenvalue weighted by Gasteiger charge is -2.19. The van der Waals surface area contributed by atoms with Crippen molar-refractivity contribution in [1.29, 1.82) is 0 Å². The molecule has 0 aliphatic rings. The zero-order valence-electron chi connectivity index (χ0n) is 16.1. The van der Waals surface area contributed by atoms with E-state index in [1.165, 1.54) is 12.5 Å². The number of rotatable bonds is 7. The van der Waals surface area contributed by atoms with Gasteiger partial charge in [-0.3, -0.25) is 9.59 Å². The van der Waals surface area contributed by atoms with E-state index in [1.807, 2.05) is 17.5 Å². The fourth-order valence-corrected chi connectivity index (χ4v) is 3.86. The van der Waals surface area contributed by atoms with Crippen LogP contribution < -0.4 is 10.6 Å². The molecule has 3 aromatic rings. The first-order valence-corrected chi connectivity index (χ1v) is 10.3. The standard InChI is InChI=1S/C23H24N2O2S/c1-3-5-17-7-9-18(10-8-17)22(21-6-4-15-28-21)25-23(27)19-11-13-20(14-12-19)24-16(2)26/h4,6-15,22H,3,5H2,1-2H3,(H,24,26)(H,25,27). The third-order valence-electron chi connectivity index (χ3n) is 4.42. The number of anilines is 1. The van der Waals surface area contributed by atoms with E-state index in [-0.39, 0.29) is 17.9 Å². The molecule has 1 aromatic heterocycles. The molecule has 28 heavy (non-hydrogen) atoms. The van der Waals surface area contributed by atoms with Crippen molar-refractivity contribution in [2.45, 2.75) is 32.7 Å². The van der Waals surface area contributed by atoms with Gasteiger partial charge in [-0.1, -0.05) is 43.7 Å². The van der Waals surface area contributed by atoms with Gasteiger partial charge in [0.1, 0.15) is 0 Å². The van der Waals surface area contributed by atoms with Crippen LogP contribution in [0.25, 0.3) is 0 Å². The fourth-order valence-electron chi connectivity index (χ4n) is 3.06. The third-order valence-corrected chi connectivity index (χ3v) is 5.36. The van der Waals surface area contributed by atoms with Gasteiger partial charge in [0.2, 0.25) is 5.91 Å². The zero-order chi connectivity index (χ0) is 19.9. The third kappa shape index (κ3) is 5.08. The average molecular weight is 393 g/mol. The van der Waals surface area contributed by atoms with E-state index in [4.69, 9.17) is 0 Å². The highest BCUT2D eigenvalue weighted by atomic mass is 32.1. The maximum absolute atomic E-state index is 12.8. The second-order valence-electron chi connectivity index (χ2n) is 6.67. The summed E-state index contributed by atoms with van der Waals surface area (Å²) in [4.78, 5) is 25.1. The van der Waals surface area contributed by atoms with Crippen molar-refractivity contribution in [3.05, 3.63) is 87.6 Å². The molecule has 3 rings (SSSR count). The van der Waals surface area contributed by atoms with Crippen LogP contribution in [0.1, 0.15) is 52.7 Å². The second kappa shape index (κ2) is 9.33. The monoisotopic (exact) mass is 392 g/mol. The number of benzene rings is 2. The predicted molar refractivity (Wildman–Crippen MR) is 115 cm³/mol. The minimum atomic E-state index is -0.196. The Bertz CT molecular complexity index is 916. The highest BCUT2D eigenvalue weighted by Gasteiger charge is 2.19. The molecule has 0 radical (unpaired) electrons. The Balaban J connectivity index is 1.80. The van der Waals surface area contributed by atoms with Crippen LogP contribution in [0.5, 0.6) is 0 Å². The van der Waals surface area contributed by atoms with Gasteiger partial charge in [-0.25, -0.2) is 0 Å². The molecule has 2 aromatic carbocycles. The Labute approximate surface area is 169 Å². The molecule has 2 amide bonds. The molecular formula is C23H24N2O2S. The van der Waals surface area contributed by atoms with Crippen molar-refractivity contribution in [3.8, 4) is 0 Å². The number of carbonyl (C=O) groups is 2. The Morgan fingerprint density at radius 1 is 1.00 bits per heavy atom. The Morgan fingerprint density at radius 3 is 2.29 bits per heavy atom. The highest BCUT2D eigenvalue weighted by Crippen LogP contribution is 2.27. The van der Waals surface area contributed by atoms with Gasteiger partial charge in [0.25, 0.3) is 5.91 Å². The molecule has 5 heteroatoms. The Hall–Kier alpha value is -2.92. The lowest BCUT2D eigenvalue weighted by Crippen LogP contribution is -2.28. The maximum atomic E-state index is 12.8. The van der Waals surface area contributed by atoms with Crippen LogP contribution in [-0.2, 0) is 11.2 Å². The number of carbonyl (C=O) groups excluding carboxylic acids is 2. The number of aryl methyl sites for hydroxylation is 1. The van der Waals surface area contributed by atoms with Crippen LogP contribution in [0.4, 0.5) is 5.69 Å². The smallest absolute Gasteiger partial charge is 0.252 e. The van der Waals surface area contributed by atoms with Crippen molar-refractivity contribution in [2.75, 3.05) is 5.32 Å². The summed E-state index contributed by atoms with van der Waals surface area (Å²) in [5.41, 5.74) is 3.59. The van der Waals surface area contributed by atoms with Crippen molar-refractivity contribution in [2.24, 2.45) is 0 Å². The van der Waals surface area contributed by atoms with Crippen molar-refractivity contribution in [3.63, 3.8) is 0 Å². The second-order valence-corrected chi connectivity index (χ2v) is 7.65. The van der Waals surface area contributed by atoms with Gasteiger partial charge >= 0.3 is 0 Å². The molecular weight excluding hydrogens is 368 g/mol. The zero-order valence-corrected chi connectivity index (χ0v) is 16.9. The number of nitrogens with one attached hydrogen (secondary N) is 2. The maximum Gasteiger partial charge on any atom is 0.252 e. The van der Waals surface area contributed by atoms with Gasteiger partial charge in [0.15, 0.2) is 0 Å². The van der Waals surface area contributed by atoms with Crippen LogP contribution >= 0.6 is 11.3 Å². The van der Waals surface area contributed by atoms with Gasteiger partial charge < -0.3 is 10.6 Å². The quantitative estimate of drug-likeness (QED) is 0.582. The summed E-state index contributed by atoms with van der Waals surface area (Å²) in [6.45, 7) is 3.62. The van der Waals surface area contributed by atoms with Crippen LogP contribution in [0.3, 0.4) is 0 Å². The topological polar surface area (TPSA) is 58.2 Å². The molecule has 0 bridgehead atoms. The minimum Gasteiger partial charge on any atom is -0.340 e. The fraction of sp³-hybridized carbons (Fsp3) is 0.217. The molecule has 1 unspecified atom stereocenters. The average Bonchev–Trinajstić information content (AvgIpc) is 3.21. The lowest BCUT2D eigenvalue weighted by atomic mass is 10.0. The predicted octanol–water partition coefficient (Wildman–Crippen LogP) is 5.18. The molecule has 0 saturated carbocycles. The van der Waals surface area contributed by atoms with E-state index in [0.29, 0.717) is 11.3 Å². The van der Waals surface area contributed by atoms with Crippen molar-refractivity contribution >= 4 is 28.8 Å². The van der Waals surface area contributed by atoms with Gasteiger partial charge in [-0.05, 0) is 53.3 Å². The van der Waals surface area contributed by atoms with E-state index in [0.717, 1.165) is 23.3 Å². The first-order chi connectivity index (χ1) is 13.6. The number of thiophene rings is 1. The first-order valence-electron chi connectivity index (χ1n) is 9.37. The van der Waals surface area contributed by atoms with E-state index in [2.05, 4.69) is 41.8 Å². The Morgan fingerprint density at radius 2 is 1.71 bits per heavy atom. The number of hydrogen-bond acceptors (Lipinski definition) is 3. The normalized spacial score (nSPS) is 11.6. The molecule has 1 atom stereocenters. The molecule has 144 valence electrons. The summed E-state index contributed by atoms with van der Waals surface area (Å²) < 4.78 is 0. The van der Waals surface area contributed by atoms with E-state index < -0.39 is 0 Å². The van der Waals surface area contributed by atoms with Gasteiger partial charge in [-0.2, -0.15) is 0 Å². The minimum absolute atomic E-state index is 0.138. The number of hydrogen-bond donors (Lipinski definition) is 2. The van der Waals surface area contributed by atoms with Crippen molar-refractivity contribution in [1.82, 2.24) is 5.32 Å². The summed E-state index contributed by atoms with van der Waals surface area (Å²) in [7, 11) is 0. The van der Waals surface area contributed by atoms with Crippen LogP contribution in [0.2, 0.25) is 0 Å². The highest BCUT2D eigenvalue weighted by molar-refractivity contribution is 7.10. The van der Waals surface area contributed by atoms with Crippen LogP contribution in [0.15, 0.2) is 66.0 Å². The largest absolute Gasteiger partial charge is 0.340 e. The molecule has 2 N–H and O–H groups in total. The molecule has 1 heterocycles. The lowest BCUT2D eigenvalue weighted by molar-refractivity contribution is -0.114. The van der Waals surface area contributed by atoms with Crippen LogP contribution in [-0.4, -0.2) is 11.8 Å². The van der Waals surface area contributed by atoms with E-state index in [1.54, 1.807) is 35.6 Å². The summed E-state index contributed by atoms with van der Waals surface area (Å²) >= 11 is 1.62. The van der Waals surface area contributed by atoms with E-state index >= 15 is 0 Å². The Kier molecular flexibility index (Phi) is 6.61. The number of amides is 2. The molecule has 0 aliphatic carbocycles. The molecule has 0 fully saturated rings. The first kappa shape index (κ1) is 19.8. The SMILES string of the molecule is CCCc1ccc(C(NC(=O)c2ccc(NC(C)=O)cc2)c2cccs2)cc1. The molecule has 0 aliphatic heterocycles. The summed E-state index contributed by atoms with van der Waals surface area (Å²) in [6, 6.07) is 19.2. The molecule has 0 spiro atoms. The van der Waals surface area contributed by atoms with Crippen molar-refractivity contribution < 1.29 is 9.59 Å². The van der Waals surface area contributed by atoms with Gasteiger partial charge in [0.05, 0.1) is 6.04 Å². The van der Waals surface area contributed by atoms with Crippen LogP contribution in [0, 0.1) is 0 Å². The van der Waals surface area contributed by atoms with Gasteiger partial charge in [0, 0.05) is 23.1 Å². The van der Waals surface area contributed by atoms with E-state index in [9.17, 15) is 9.59 Å². The summed E-state index contributed by atoms with van der Waals surface area (Å²) in [6.07, 6.45) is 2.16. The van der Waals surface area contributed by atoms with Gasteiger partial charge in [-0.15, -0.1) is 11.3 Å². The molecule has 4 nitrogen and oxygen atoms in total. The summed E-state index contributed by atoms with van der Waals surface area (Å²) in [5, 5.41) is 7.87. The molecule has 0 saturated heterocycles.